The van der Waals surface area contributed by atoms with Crippen molar-refractivity contribution in [1.82, 2.24) is 4.90 Å². The number of hydrogen-bond donors (Lipinski definition) is 1. The summed E-state index contributed by atoms with van der Waals surface area (Å²) in [4.78, 5) is 6.46. The first-order chi connectivity index (χ1) is 8.56. The van der Waals surface area contributed by atoms with Crippen LogP contribution in [0.3, 0.4) is 0 Å². The van der Waals surface area contributed by atoms with Crippen molar-refractivity contribution < 1.29 is 0 Å². The SMILES string of the molecule is CCC(C)N1C(N)=NCC1c1cccc(Cl)c1Cl. The van der Waals surface area contributed by atoms with E-state index in [1.165, 1.54) is 0 Å². The Kier molecular flexibility index (Phi) is 4.03. The molecule has 1 aliphatic rings. The zero-order valence-corrected chi connectivity index (χ0v) is 12.0. The van der Waals surface area contributed by atoms with Crippen molar-refractivity contribution in [3.8, 4) is 0 Å². The summed E-state index contributed by atoms with van der Waals surface area (Å²) >= 11 is 12.4. The summed E-state index contributed by atoms with van der Waals surface area (Å²) < 4.78 is 0. The predicted molar refractivity (Wildman–Crippen MR) is 77.3 cm³/mol. The van der Waals surface area contributed by atoms with Gasteiger partial charge < -0.3 is 10.6 Å². The van der Waals surface area contributed by atoms with Crippen LogP contribution in [-0.4, -0.2) is 23.4 Å². The topological polar surface area (TPSA) is 41.6 Å². The first-order valence-electron chi connectivity index (χ1n) is 6.08. The van der Waals surface area contributed by atoms with Crippen LogP contribution in [0.15, 0.2) is 23.2 Å². The van der Waals surface area contributed by atoms with Gasteiger partial charge in [-0.2, -0.15) is 0 Å². The molecule has 0 radical (unpaired) electrons. The van der Waals surface area contributed by atoms with Crippen molar-refractivity contribution in [3.05, 3.63) is 33.8 Å². The van der Waals surface area contributed by atoms with Crippen LogP contribution in [-0.2, 0) is 0 Å². The first kappa shape index (κ1) is 13.5. The number of benzene rings is 1. The molecule has 0 aromatic heterocycles. The van der Waals surface area contributed by atoms with E-state index in [4.69, 9.17) is 28.9 Å². The maximum Gasteiger partial charge on any atom is 0.192 e. The molecule has 0 saturated heterocycles. The van der Waals surface area contributed by atoms with E-state index in [0.717, 1.165) is 12.0 Å². The average molecular weight is 286 g/mol. The third-order valence-electron chi connectivity index (χ3n) is 3.43. The lowest BCUT2D eigenvalue weighted by atomic mass is 10.0. The molecule has 0 saturated carbocycles. The van der Waals surface area contributed by atoms with Crippen LogP contribution in [0.2, 0.25) is 10.0 Å². The van der Waals surface area contributed by atoms with E-state index in [9.17, 15) is 0 Å². The standard InChI is InChI=1S/C13H17Cl2N3/c1-3-8(2)18-11(7-17-13(18)16)9-5-4-6-10(14)12(9)15/h4-6,8,11H,3,7H2,1-2H3,(H2,16,17). The minimum atomic E-state index is 0.0890. The van der Waals surface area contributed by atoms with Gasteiger partial charge in [0.2, 0.25) is 0 Å². The largest absolute Gasteiger partial charge is 0.370 e. The smallest absolute Gasteiger partial charge is 0.192 e. The summed E-state index contributed by atoms with van der Waals surface area (Å²) in [5.74, 6) is 0.588. The summed E-state index contributed by atoms with van der Waals surface area (Å²) in [6.07, 6.45) is 1.00. The number of nitrogens with zero attached hydrogens (tertiary/aromatic N) is 2. The lowest BCUT2D eigenvalue weighted by Gasteiger charge is -2.32. The molecule has 0 aliphatic carbocycles. The Balaban J connectivity index is 2.36. The molecule has 2 rings (SSSR count). The van der Waals surface area contributed by atoms with Gasteiger partial charge in [0.15, 0.2) is 5.96 Å². The second-order valence-corrected chi connectivity index (χ2v) is 5.31. The van der Waals surface area contributed by atoms with Crippen molar-refractivity contribution >= 4 is 29.2 Å². The molecule has 2 atom stereocenters. The first-order valence-corrected chi connectivity index (χ1v) is 6.84. The predicted octanol–water partition coefficient (Wildman–Crippen LogP) is 3.46. The van der Waals surface area contributed by atoms with E-state index >= 15 is 0 Å². The maximum absolute atomic E-state index is 6.28. The highest BCUT2D eigenvalue weighted by atomic mass is 35.5. The molecule has 2 unspecified atom stereocenters. The van der Waals surface area contributed by atoms with Crippen LogP contribution >= 0.6 is 23.2 Å². The van der Waals surface area contributed by atoms with Crippen molar-refractivity contribution in [2.24, 2.45) is 10.7 Å². The number of aliphatic imine (C=N–C) groups is 1. The molecule has 0 bridgehead atoms. The molecule has 0 spiro atoms. The molecular weight excluding hydrogens is 269 g/mol. The highest BCUT2D eigenvalue weighted by Gasteiger charge is 2.32. The van der Waals surface area contributed by atoms with Crippen LogP contribution < -0.4 is 5.73 Å². The Morgan fingerprint density at radius 2 is 2.22 bits per heavy atom. The summed E-state index contributed by atoms with van der Waals surface area (Å²) in [5, 5.41) is 1.17. The van der Waals surface area contributed by atoms with Crippen LogP contribution in [0, 0.1) is 0 Å². The highest BCUT2D eigenvalue weighted by Crippen LogP contribution is 2.36. The highest BCUT2D eigenvalue weighted by molar-refractivity contribution is 6.42. The molecule has 2 N–H and O–H groups in total. The molecule has 0 amide bonds. The van der Waals surface area contributed by atoms with Gasteiger partial charge in [0.25, 0.3) is 0 Å². The summed E-state index contributed by atoms with van der Waals surface area (Å²) in [6.45, 7) is 4.91. The Morgan fingerprint density at radius 3 is 2.89 bits per heavy atom. The Labute approximate surface area is 118 Å². The van der Waals surface area contributed by atoms with Gasteiger partial charge in [-0.25, -0.2) is 0 Å². The number of hydrogen-bond acceptors (Lipinski definition) is 3. The zero-order valence-electron chi connectivity index (χ0n) is 10.5. The number of nitrogens with two attached hydrogens (primary N) is 1. The van der Waals surface area contributed by atoms with Gasteiger partial charge in [-0.05, 0) is 25.0 Å². The average Bonchev–Trinajstić information content (AvgIpc) is 2.73. The minimum absolute atomic E-state index is 0.0890. The van der Waals surface area contributed by atoms with Gasteiger partial charge >= 0.3 is 0 Å². The molecule has 0 fully saturated rings. The molecular formula is C13H17Cl2N3. The van der Waals surface area contributed by atoms with Crippen LogP contribution in [0.25, 0.3) is 0 Å². The lowest BCUT2D eigenvalue weighted by Crippen LogP contribution is -2.42. The van der Waals surface area contributed by atoms with Gasteiger partial charge in [-0.15, -0.1) is 0 Å². The van der Waals surface area contributed by atoms with Crippen molar-refractivity contribution in [1.29, 1.82) is 0 Å². The van der Waals surface area contributed by atoms with E-state index in [0.29, 0.717) is 28.6 Å². The summed E-state index contributed by atoms with van der Waals surface area (Å²) in [5.41, 5.74) is 6.97. The van der Waals surface area contributed by atoms with Gasteiger partial charge in [0, 0.05) is 6.04 Å². The van der Waals surface area contributed by atoms with E-state index in [-0.39, 0.29) is 6.04 Å². The summed E-state index contributed by atoms with van der Waals surface area (Å²) in [6, 6.07) is 6.11. The van der Waals surface area contributed by atoms with Crippen LogP contribution in [0.4, 0.5) is 0 Å². The Bertz CT molecular complexity index is 473. The van der Waals surface area contributed by atoms with Crippen molar-refractivity contribution in [2.75, 3.05) is 6.54 Å². The third-order valence-corrected chi connectivity index (χ3v) is 4.27. The number of halogens is 2. The second kappa shape index (κ2) is 5.37. The van der Waals surface area contributed by atoms with E-state index in [1.807, 2.05) is 12.1 Å². The molecule has 1 heterocycles. The van der Waals surface area contributed by atoms with Gasteiger partial charge in [-0.3, -0.25) is 4.99 Å². The minimum Gasteiger partial charge on any atom is -0.370 e. The molecule has 18 heavy (non-hydrogen) atoms. The molecule has 1 aromatic carbocycles. The fourth-order valence-corrected chi connectivity index (χ4v) is 2.70. The number of guanidine groups is 1. The monoisotopic (exact) mass is 285 g/mol. The molecule has 3 nitrogen and oxygen atoms in total. The normalized spacial score (nSPS) is 21.0. The van der Waals surface area contributed by atoms with Crippen LogP contribution in [0.1, 0.15) is 31.9 Å². The maximum atomic E-state index is 6.28. The van der Waals surface area contributed by atoms with Crippen LogP contribution in [0.5, 0.6) is 0 Å². The fraction of sp³-hybridized carbons (Fsp3) is 0.462. The summed E-state index contributed by atoms with van der Waals surface area (Å²) in [7, 11) is 0. The van der Waals surface area contributed by atoms with E-state index < -0.39 is 0 Å². The van der Waals surface area contributed by atoms with E-state index in [1.54, 1.807) is 6.07 Å². The zero-order chi connectivity index (χ0) is 13.3. The second-order valence-electron chi connectivity index (χ2n) is 4.52. The van der Waals surface area contributed by atoms with Gasteiger partial charge in [-0.1, -0.05) is 42.3 Å². The lowest BCUT2D eigenvalue weighted by molar-refractivity contribution is 0.268. The molecule has 5 heteroatoms. The van der Waals surface area contributed by atoms with Crippen molar-refractivity contribution in [3.63, 3.8) is 0 Å². The van der Waals surface area contributed by atoms with E-state index in [2.05, 4.69) is 23.7 Å². The Morgan fingerprint density at radius 1 is 1.50 bits per heavy atom. The van der Waals surface area contributed by atoms with Gasteiger partial charge in [0.1, 0.15) is 0 Å². The molecule has 1 aromatic rings. The third kappa shape index (κ3) is 2.29. The quantitative estimate of drug-likeness (QED) is 0.924. The Hall–Kier alpha value is -0.930. The molecule has 98 valence electrons. The van der Waals surface area contributed by atoms with Gasteiger partial charge in [0.05, 0.1) is 22.6 Å². The van der Waals surface area contributed by atoms with Crippen molar-refractivity contribution in [2.45, 2.75) is 32.4 Å². The fourth-order valence-electron chi connectivity index (χ4n) is 2.26. The molecule has 1 aliphatic heterocycles. The number of rotatable bonds is 3.